The molecular weight excluding hydrogens is 389 g/mol. The summed E-state index contributed by atoms with van der Waals surface area (Å²) in [6, 6.07) is 0. The summed E-state index contributed by atoms with van der Waals surface area (Å²) in [6.07, 6.45) is 2.99. The van der Waals surface area contributed by atoms with Gasteiger partial charge in [0.1, 0.15) is 0 Å². The van der Waals surface area contributed by atoms with E-state index in [4.69, 9.17) is 10.5 Å². The zero-order valence-electron chi connectivity index (χ0n) is 11.3. The average Bonchev–Trinajstić information content (AvgIpc) is 3.00. The first kappa shape index (κ1) is 15.9. The van der Waals surface area contributed by atoms with E-state index < -0.39 is 0 Å². The fourth-order valence-corrected chi connectivity index (χ4v) is 3.22. The van der Waals surface area contributed by atoms with Crippen LogP contribution >= 0.6 is 35.7 Å². The van der Waals surface area contributed by atoms with Gasteiger partial charge in [-0.3, -0.25) is 4.99 Å². The molecule has 0 aliphatic carbocycles. The number of guanidine groups is 1. The van der Waals surface area contributed by atoms with Crippen LogP contribution in [0.4, 0.5) is 0 Å². The maximum Gasteiger partial charge on any atom is 0.191 e. The number of aryl methyl sites for hydroxylation is 1. The number of aliphatic imine (C=N–C) groups is 1. The predicted molar refractivity (Wildman–Crippen MR) is 91.0 cm³/mol. The highest BCUT2D eigenvalue weighted by Gasteiger charge is 2.14. The van der Waals surface area contributed by atoms with Crippen molar-refractivity contribution in [2.45, 2.75) is 18.1 Å². The number of hydrogen-bond donors (Lipinski definition) is 1. The Morgan fingerprint density at radius 1 is 1.40 bits per heavy atom. The van der Waals surface area contributed by atoms with Crippen LogP contribution in [0.15, 0.2) is 16.3 Å². The number of rotatable bonds is 3. The van der Waals surface area contributed by atoms with Crippen LogP contribution in [0.1, 0.15) is 5.69 Å². The average molecular weight is 409 g/mol. The van der Waals surface area contributed by atoms with Gasteiger partial charge in [-0.25, -0.2) is 4.98 Å². The second kappa shape index (κ2) is 7.51. The first-order chi connectivity index (χ1) is 9.33. The lowest BCUT2D eigenvalue weighted by Gasteiger charge is -2.27. The van der Waals surface area contributed by atoms with E-state index in [0.717, 1.165) is 55.9 Å². The van der Waals surface area contributed by atoms with Crippen LogP contribution in [0.3, 0.4) is 0 Å². The highest BCUT2D eigenvalue weighted by Crippen LogP contribution is 2.24. The molecule has 2 aliphatic heterocycles. The van der Waals surface area contributed by atoms with Crippen LogP contribution in [-0.4, -0.2) is 59.0 Å². The second-order valence-corrected chi connectivity index (χ2v) is 5.71. The van der Waals surface area contributed by atoms with E-state index in [2.05, 4.69) is 25.6 Å². The summed E-state index contributed by atoms with van der Waals surface area (Å²) in [5, 5.41) is 1.14. The number of nitrogens with zero attached hydrogens (tertiary/aromatic N) is 4. The Kier molecular flexibility index (Phi) is 5.97. The molecule has 0 aromatic carbocycles. The van der Waals surface area contributed by atoms with Gasteiger partial charge in [-0.1, -0.05) is 11.8 Å². The minimum Gasteiger partial charge on any atom is -0.378 e. The molecule has 0 spiro atoms. The van der Waals surface area contributed by atoms with Crippen LogP contribution in [0.25, 0.3) is 0 Å². The van der Waals surface area contributed by atoms with Gasteiger partial charge in [0.15, 0.2) is 11.1 Å². The quantitative estimate of drug-likeness (QED) is 0.455. The molecule has 3 heterocycles. The zero-order chi connectivity index (χ0) is 13.1. The minimum absolute atomic E-state index is 0. The summed E-state index contributed by atoms with van der Waals surface area (Å²) in [7, 11) is 0. The summed E-state index contributed by atoms with van der Waals surface area (Å²) < 4.78 is 7.51. The van der Waals surface area contributed by atoms with E-state index in [0.29, 0.717) is 12.5 Å². The standard InChI is InChI=1S/C12H19N5OS.HI/c13-11(16-3-6-18-7-4-16)14-2-1-10-9-17-5-8-19-12(17)15-10;/h9H,1-8H2,(H2,13,14);1H. The number of morpholine rings is 1. The smallest absolute Gasteiger partial charge is 0.191 e. The summed E-state index contributed by atoms with van der Waals surface area (Å²) in [4.78, 5) is 11.1. The second-order valence-electron chi connectivity index (χ2n) is 4.65. The lowest BCUT2D eigenvalue weighted by atomic mass is 10.3. The van der Waals surface area contributed by atoms with E-state index in [1.54, 1.807) is 0 Å². The van der Waals surface area contributed by atoms with Crippen molar-refractivity contribution in [3.05, 3.63) is 11.9 Å². The van der Waals surface area contributed by atoms with Crippen molar-refractivity contribution in [1.82, 2.24) is 14.5 Å². The van der Waals surface area contributed by atoms with Gasteiger partial charge < -0.3 is 19.9 Å². The third-order valence-corrected chi connectivity index (χ3v) is 4.30. The van der Waals surface area contributed by atoms with Crippen molar-refractivity contribution in [2.24, 2.45) is 10.7 Å². The van der Waals surface area contributed by atoms with Gasteiger partial charge in [0.2, 0.25) is 0 Å². The first-order valence-electron chi connectivity index (χ1n) is 6.64. The predicted octanol–water partition coefficient (Wildman–Crippen LogP) is 0.796. The fourth-order valence-electron chi connectivity index (χ4n) is 2.26. The SMILES string of the molecule is I.NC(=NCCc1cn2c(n1)SCC2)N1CCOCC1. The molecule has 0 atom stereocenters. The Hall–Kier alpha value is -0.480. The summed E-state index contributed by atoms with van der Waals surface area (Å²) in [5.74, 6) is 1.77. The summed E-state index contributed by atoms with van der Waals surface area (Å²) in [6.45, 7) is 4.93. The Morgan fingerprint density at radius 3 is 2.95 bits per heavy atom. The lowest BCUT2D eigenvalue weighted by molar-refractivity contribution is 0.0674. The van der Waals surface area contributed by atoms with Crippen molar-refractivity contribution >= 4 is 41.7 Å². The number of nitrogens with two attached hydrogens (primary N) is 1. The topological polar surface area (TPSA) is 68.7 Å². The summed E-state index contributed by atoms with van der Waals surface area (Å²) >= 11 is 1.82. The zero-order valence-corrected chi connectivity index (χ0v) is 14.5. The van der Waals surface area contributed by atoms with E-state index in [1.807, 2.05) is 11.8 Å². The molecular formula is C12H20IN5OS. The van der Waals surface area contributed by atoms with Gasteiger partial charge in [0.05, 0.1) is 18.9 Å². The van der Waals surface area contributed by atoms with E-state index in [9.17, 15) is 0 Å². The number of halogens is 1. The Bertz CT molecular complexity index is 451. The number of aromatic nitrogens is 2. The van der Waals surface area contributed by atoms with Gasteiger partial charge >= 0.3 is 0 Å². The van der Waals surface area contributed by atoms with Crippen molar-refractivity contribution in [2.75, 3.05) is 38.6 Å². The summed E-state index contributed by atoms with van der Waals surface area (Å²) in [5.41, 5.74) is 7.09. The van der Waals surface area contributed by atoms with Crippen LogP contribution in [-0.2, 0) is 17.7 Å². The highest BCUT2D eigenvalue weighted by atomic mass is 127. The van der Waals surface area contributed by atoms with Crippen LogP contribution < -0.4 is 5.73 Å². The number of hydrogen-bond acceptors (Lipinski definition) is 4. The molecule has 3 rings (SSSR count). The van der Waals surface area contributed by atoms with Gasteiger partial charge in [-0.05, 0) is 0 Å². The number of ether oxygens (including phenoxy) is 1. The molecule has 1 saturated heterocycles. The fraction of sp³-hybridized carbons (Fsp3) is 0.667. The van der Waals surface area contributed by atoms with Gasteiger partial charge in [0, 0.05) is 44.5 Å². The normalized spacial score (nSPS) is 18.8. The minimum atomic E-state index is 0. The molecule has 0 unspecified atom stereocenters. The molecule has 1 aromatic rings. The van der Waals surface area contributed by atoms with Crippen LogP contribution in [0.2, 0.25) is 0 Å². The molecule has 2 N–H and O–H groups in total. The largest absolute Gasteiger partial charge is 0.378 e. The van der Waals surface area contributed by atoms with E-state index in [1.165, 1.54) is 0 Å². The molecule has 1 aromatic heterocycles. The molecule has 112 valence electrons. The number of fused-ring (bicyclic) bond motifs is 1. The molecule has 20 heavy (non-hydrogen) atoms. The van der Waals surface area contributed by atoms with Crippen molar-refractivity contribution in [3.8, 4) is 0 Å². The third kappa shape index (κ3) is 3.79. The third-order valence-electron chi connectivity index (χ3n) is 3.33. The molecule has 0 radical (unpaired) electrons. The Morgan fingerprint density at radius 2 is 2.20 bits per heavy atom. The maximum atomic E-state index is 5.98. The molecule has 1 fully saturated rings. The number of thioether (sulfide) groups is 1. The van der Waals surface area contributed by atoms with E-state index >= 15 is 0 Å². The van der Waals surface area contributed by atoms with Gasteiger partial charge in [-0.2, -0.15) is 0 Å². The van der Waals surface area contributed by atoms with Gasteiger partial charge in [0.25, 0.3) is 0 Å². The molecule has 6 nitrogen and oxygen atoms in total. The monoisotopic (exact) mass is 409 g/mol. The molecule has 0 amide bonds. The lowest BCUT2D eigenvalue weighted by Crippen LogP contribution is -2.44. The van der Waals surface area contributed by atoms with Gasteiger partial charge in [-0.15, -0.1) is 24.0 Å². The molecule has 8 heteroatoms. The number of imidazole rings is 1. The van der Waals surface area contributed by atoms with Crippen molar-refractivity contribution < 1.29 is 4.74 Å². The molecule has 0 saturated carbocycles. The van der Waals surface area contributed by atoms with Crippen LogP contribution in [0, 0.1) is 0 Å². The maximum absolute atomic E-state index is 5.98. The Labute approximate surface area is 140 Å². The van der Waals surface area contributed by atoms with Crippen molar-refractivity contribution in [1.29, 1.82) is 0 Å². The van der Waals surface area contributed by atoms with Crippen molar-refractivity contribution in [3.63, 3.8) is 0 Å². The molecule has 0 bridgehead atoms. The molecule has 2 aliphatic rings. The highest BCUT2D eigenvalue weighted by molar-refractivity contribution is 14.0. The van der Waals surface area contributed by atoms with Crippen LogP contribution in [0.5, 0.6) is 0 Å². The van der Waals surface area contributed by atoms with E-state index in [-0.39, 0.29) is 24.0 Å². The Balaban J connectivity index is 0.00000147. The first-order valence-corrected chi connectivity index (χ1v) is 7.63.